The molecule has 0 saturated carbocycles. The van der Waals surface area contributed by atoms with Crippen molar-refractivity contribution in [3.8, 4) is 5.75 Å². The minimum absolute atomic E-state index is 0.101. The summed E-state index contributed by atoms with van der Waals surface area (Å²) in [6.07, 6.45) is 0. The number of hydrogen-bond acceptors (Lipinski definition) is 5. The molecule has 21 heavy (non-hydrogen) atoms. The van der Waals surface area contributed by atoms with Gasteiger partial charge in [0.2, 0.25) is 0 Å². The van der Waals surface area contributed by atoms with Crippen LogP contribution in [0.25, 0.3) is 0 Å². The predicted octanol–water partition coefficient (Wildman–Crippen LogP) is 0.799. The highest BCUT2D eigenvalue weighted by Gasteiger charge is 2.18. The Balaban J connectivity index is 1.86. The number of benzene rings is 1. The molecule has 0 bridgehead atoms. The van der Waals surface area contributed by atoms with Crippen LogP contribution in [0.3, 0.4) is 0 Å². The van der Waals surface area contributed by atoms with Gasteiger partial charge in [-0.1, -0.05) is 6.07 Å². The molecule has 0 atom stereocenters. The highest BCUT2D eigenvalue weighted by molar-refractivity contribution is 5.98. The molecule has 1 aliphatic rings. The lowest BCUT2D eigenvalue weighted by Gasteiger charge is -2.21. The zero-order chi connectivity index (χ0) is 15.1. The summed E-state index contributed by atoms with van der Waals surface area (Å²) in [6, 6.07) is 5.57. The lowest BCUT2D eigenvalue weighted by molar-refractivity contribution is 0.0943. The molecule has 0 aromatic heterocycles. The van der Waals surface area contributed by atoms with Gasteiger partial charge in [-0.15, -0.1) is 0 Å². The maximum absolute atomic E-state index is 12.3. The number of carbonyl (C=O) groups is 1. The molecule has 6 nitrogen and oxygen atoms in total. The maximum Gasteiger partial charge on any atom is 0.255 e. The Bertz CT molecular complexity index is 479. The summed E-state index contributed by atoms with van der Waals surface area (Å²) in [5, 5.41) is 6.16. The molecule has 1 heterocycles. The van der Waals surface area contributed by atoms with Crippen LogP contribution in [0.2, 0.25) is 0 Å². The number of nitrogens with zero attached hydrogens (tertiary/aromatic N) is 1. The van der Waals surface area contributed by atoms with Crippen molar-refractivity contribution in [2.45, 2.75) is 0 Å². The molecular formula is C15H23N3O3. The average Bonchev–Trinajstić information content (AvgIpc) is 2.52. The molecule has 116 valence electrons. The van der Waals surface area contributed by atoms with Crippen molar-refractivity contribution < 1.29 is 14.3 Å². The maximum atomic E-state index is 12.3. The van der Waals surface area contributed by atoms with E-state index in [0.29, 0.717) is 31.1 Å². The van der Waals surface area contributed by atoms with Crippen molar-refractivity contribution in [1.82, 2.24) is 10.2 Å². The van der Waals surface area contributed by atoms with E-state index in [4.69, 9.17) is 9.47 Å². The third kappa shape index (κ3) is 4.34. The molecular weight excluding hydrogens is 270 g/mol. The first-order chi connectivity index (χ1) is 10.2. The number of likely N-dealkylation sites (N-methyl/N-ethyl adjacent to an activating group) is 1. The highest BCUT2D eigenvalue weighted by Crippen LogP contribution is 2.30. The van der Waals surface area contributed by atoms with E-state index in [1.54, 1.807) is 13.2 Å². The third-order valence-corrected chi connectivity index (χ3v) is 3.38. The van der Waals surface area contributed by atoms with Gasteiger partial charge in [0.15, 0.2) is 5.75 Å². The Morgan fingerprint density at radius 1 is 1.48 bits per heavy atom. The number of para-hydroxylation sites is 1. The molecule has 2 N–H and O–H groups in total. The Hall–Kier alpha value is -1.79. The molecule has 0 aliphatic carbocycles. The lowest BCUT2D eigenvalue weighted by atomic mass is 10.1. The molecule has 1 aromatic carbocycles. The van der Waals surface area contributed by atoms with Crippen LogP contribution in [0.5, 0.6) is 5.75 Å². The number of methoxy groups -OCH3 is 1. The van der Waals surface area contributed by atoms with Crippen LogP contribution < -0.4 is 15.4 Å². The lowest BCUT2D eigenvalue weighted by Crippen LogP contribution is -2.34. The van der Waals surface area contributed by atoms with E-state index in [-0.39, 0.29) is 5.91 Å². The molecule has 0 fully saturated rings. The predicted molar refractivity (Wildman–Crippen MR) is 82.1 cm³/mol. The van der Waals surface area contributed by atoms with Gasteiger partial charge in [-0.2, -0.15) is 0 Å². The van der Waals surface area contributed by atoms with E-state index in [2.05, 4.69) is 15.5 Å². The second-order valence-electron chi connectivity index (χ2n) is 5.01. The number of ether oxygens (including phenoxy) is 2. The number of anilines is 1. The molecule has 0 unspecified atom stereocenters. The molecule has 0 spiro atoms. The number of fused-ring (bicyclic) bond motifs is 1. The van der Waals surface area contributed by atoms with Crippen molar-refractivity contribution in [1.29, 1.82) is 0 Å². The smallest absolute Gasteiger partial charge is 0.255 e. The second kappa shape index (κ2) is 7.85. The summed E-state index contributed by atoms with van der Waals surface area (Å²) in [5.74, 6) is 0.546. The molecule has 2 rings (SSSR count). The van der Waals surface area contributed by atoms with Crippen LogP contribution >= 0.6 is 0 Å². The first kappa shape index (κ1) is 15.6. The number of amides is 1. The van der Waals surface area contributed by atoms with Gasteiger partial charge >= 0.3 is 0 Å². The third-order valence-electron chi connectivity index (χ3n) is 3.38. The topological polar surface area (TPSA) is 62.8 Å². The van der Waals surface area contributed by atoms with Gasteiger partial charge in [-0.25, -0.2) is 0 Å². The van der Waals surface area contributed by atoms with Crippen LogP contribution in [0, 0.1) is 0 Å². The normalized spacial score (nSPS) is 13.3. The fraction of sp³-hybridized carbons (Fsp3) is 0.533. The Kier molecular flexibility index (Phi) is 5.83. The molecule has 1 aliphatic heterocycles. The summed E-state index contributed by atoms with van der Waals surface area (Å²) in [7, 11) is 3.69. The standard InChI is InChI=1S/C15H23N3O3/c1-18(9-11-20-2)8-6-17-15(19)12-4-3-5-13-14(12)21-10-7-16-13/h3-5,16H,6-11H2,1-2H3,(H,17,19). The van der Waals surface area contributed by atoms with E-state index < -0.39 is 0 Å². The van der Waals surface area contributed by atoms with Crippen LogP contribution in [-0.2, 0) is 4.74 Å². The first-order valence-electron chi connectivity index (χ1n) is 7.17. The zero-order valence-electron chi connectivity index (χ0n) is 12.6. The molecule has 6 heteroatoms. The number of rotatable bonds is 7. The summed E-state index contributed by atoms with van der Waals surface area (Å²) in [4.78, 5) is 14.4. The molecule has 1 amide bonds. The molecule has 0 radical (unpaired) electrons. The van der Waals surface area contributed by atoms with E-state index in [0.717, 1.165) is 25.3 Å². The Morgan fingerprint density at radius 3 is 3.14 bits per heavy atom. The van der Waals surface area contributed by atoms with Crippen molar-refractivity contribution >= 4 is 11.6 Å². The van der Waals surface area contributed by atoms with E-state index >= 15 is 0 Å². The Morgan fingerprint density at radius 2 is 2.33 bits per heavy atom. The summed E-state index contributed by atoms with van der Waals surface area (Å²) in [6.45, 7) is 4.26. The van der Waals surface area contributed by atoms with Crippen LogP contribution in [0.4, 0.5) is 5.69 Å². The number of hydrogen-bond donors (Lipinski definition) is 2. The summed E-state index contributed by atoms with van der Waals surface area (Å²) >= 11 is 0. The minimum atomic E-state index is -0.101. The largest absolute Gasteiger partial charge is 0.489 e. The number of carbonyl (C=O) groups excluding carboxylic acids is 1. The zero-order valence-corrected chi connectivity index (χ0v) is 12.6. The van der Waals surface area contributed by atoms with E-state index in [1.807, 2.05) is 19.2 Å². The van der Waals surface area contributed by atoms with Gasteiger partial charge in [0.1, 0.15) is 6.61 Å². The summed E-state index contributed by atoms with van der Waals surface area (Å²) < 4.78 is 10.6. The minimum Gasteiger partial charge on any atom is -0.489 e. The van der Waals surface area contributed by atoms with Gasteiger partial charge < -0.3 is 25.0 Å². The van der Waals surface area contributed by atoms with E-state index in [9.17, 15) is 4.79 Å². The van der Waals surface area contributed by atoms with Crippen LogP contribution in [0.1, 0.15) is 10.4 Å². The summed E-state index contributed by atoms with van der Waals surface area (Å²) in [5.41, 5.74) is 1.46. The Labute approximate surface area is 125 Å². The monoisotopic (exact) mass is 293 g/mol. The quantitative estimate of drug-likeness (QED) is 0.778. The average molecular weight is 293 g/mol. The van der Waals surface area contributed by atoms with Crippen molar-refractivity contribution in [2.24, 2.45) is 0 Å². The van der Waals surface area contributed by atoms with Crippen LogP contribution in [-0.4, -0.2) is 64.4 Å². The van der Waals surface area contributed by atoms with Gasteiger partial charge in [-0.05, 0) is 19.2 Å². The molecule has 0 saturated heterocycles. The van der Waals surface area contributed by atoms with E-state index in [1.165, 1.54) is 0 Å². The first-order valence-corrected chi connectivity index (χ1v) is 7.17. The fourth-order valence-corrected chi connectivity index (χ4v) is 2.16. The number of nitrogens with one attached hydrogen (secondary N) is 2. The molecule has 1 aromatic rings. The fourth-order valence-electron chi connectivity index (χ4n) is 2.16. The SMILES string of the molecule is COCCN(C)CCNC(=O)c1cccc2c1OCCN2. The van der Waals surface area contributed by atoms with Crippen molar-refractivity contribution in [2.75, 3.05) is 58.9 Å². The van der Waals surface area contributed by atoms with Gasteiger partial charge in [0.25, 0.3) is 5.91 Å². The highest BCUT2D eigenvalue weighted by atomic mass is 16.5. The van der Waals surface area contributed by atoms with Gasteiger partial charge in [0.05, 0.1) is 17.9 Å². The van der Waals surface area contributed by atoms with Crippen molar-refractivity contribution in [3.63, 3.8) is 0 Å². The van der Waals surface area contributed by atoms with Crippen molar-refractivity contribution in [3.05, 3.63) is 23.8 Å². The van der Waals surface area contributed by atoms with Gasteiger partial charge in [0, 0.05) is 33.3 Å². The van der Waals surface area contributed by atoms with Crippen LogP contribution in [0.15, 0.2) is 18.2 Å². The van der Waals surface area contributed by atoms with Gasteiger partial charge in [-0.3, -0.25) is 4.79 Å². The second-order valence-corrected chi connectivity index (χ2v) is 5.01.